The average molecular weight is 260 g/mol. The van der Waals surface area contributed by atoms with Crippen molar-refractivity contribution in [1.29, 1.82) is 5.26 Å². The summed E-state index contributed by atoms with van der Waals surface area (Å²) in [5, 5.41) is 16.9. The number of carboxylic acids is 1. The van der Waals surface area contributed by atoms with Gasteiger partial charge in [0, 0.05) is 13.0 Å². The molecule has 1 heterocycles. The Morgan fingerprint density at radius 3 is 2.75 bits per heavy atom. The third-order valence-electron chi connectivity index (χ3n) is 1.59. The highest BCUT2D eigenvalue weighted by Crippen LogP contribution is 2.21. The summed E-state index contributed by atoms with van der Waals surface area (Å²) in [5.74, 6) is -1.16. The molecule has 0 unspecified atom stereocenters. The van der Waals surface area contributed by atoms with E-state index in [0.717, 1.165) is 0 Å². The second-order valence-corrected chi connectivity index (χ2v) is 5.81. The summed E-state index contributed by atoms with van der Waals surface area (Å²) in [7, 11) is -3.69. The fourth-order valence-electron chi connectivity index (χ4n) is 0.892. The van der Waals surface area contributed by atoms with Gasteiger partial charge in [-0.05, 0) is 12.1 Å². The lowest BCUT2D eigenvalue weighted by Gasteiger charge is -2.00. The normalized spacial score (nSPS) is 10.9. The Morgan fingerprint density at radius 2 is 2.25 bits per heavy atom. The Bertz CT molecular complexity index is 526. The van der Waals surface area contributed by atoms with Gasteiger partial charge >= 0.3 is 5.97 Å². The second kappa shape index (κ2) is 5.07. The van der Waals surface area contributed by atoms with Gasteiger partial charge in [0.1, 0.15) is 9.09 Å². The molecule has 1 aromatic rings. The molecule has 0 atom stereocenters. The number of carboxylic acid groups (broad SMARTS) is 1. The van der Waals surface area contributed by atoms with Crippen LogP contribution in [0.3, 0.4) is 0 Å². The molecular weight excluding hydrogens is 252 g/mol. The van der Waals surface area contributed by atoms with Gasteiger partial charge < -0.3 is 5.11 Å². The molecule has 2 N–H and O–H groups in total. The maximum atomic E-state index is 11.5. The molecule has 0 aliphatic rings. The Balaban J connectivity index is 2.83. The van der Waals surface area contributed by atoms with E-state index in [4.69, 9.17) is 10.4 Å². The molecule has 0 bridgehead atoms. The summed E-state index contributed by atoms with van der Waals surface area (Å²) < 4.78 is 25.2. The maximum Gasteiger partial charge on any atom is 0.345 e. The van der Waals surface area contributed by atoms with Crippen LogP contribution in [-0.4, -0.2) is 26.0 Å². The molecule has 0 aliphatic heterocycles. The third kappa shape index (κ3) is 3.03. The molecule has 0 radical (unpaired) electrons. The molecule has 6 nitrogen and oxygen atoms in total. The predicted octanol–water partition coefficient (Wildman–Crippen LogP) is 0.638. The summed E-state index contributed by atoms with van der Waals surface area (Å²) >= 11 is 0.673. The quantitative estimate of drug-likeness (QED) is 0.755. The second-order valence-electron chi connectivity index (χ2n) is 2.73. The minimum absolute atomic E-state index is 0.0130. The summed E-state index contributed by atoms with van der Waals surface area (Å²) in [5.41, 5.74) is 0. The van der Waals surface area contributed by atoms with E-state index < -0.39 is 16.0 Å². The topological polar surface area (TPSA) is 107 Å². The zero-order valence-electron chi connectivity index (χ0n) is 8.00. The molecule has 0 aromatic carbocycles. The van der Waals surface area contributed by atoms with Crippen LogP contribution in [-0.2, 0) is 10.0 Å². The van der Waals surface area contributed by atoms with E-state index in [0.29, 0.717) is 11.3 Å². The number of carbonyl (C=O) groups is 1. The number of thiophene rings is 1. The van der Waals surface area contributed by atoms with Crippen molar-refractivity contribution in [2.75, 3.05) is 6.54 Å². The van der Waals surface area contributed by atoms with Gasteiger partial charge in [-0.15, -0.1) is 11.3 Å². The molecule has 0 fully saturated rings. The van der Waals surface area contributed by atoms with E-state index in [9.17, 15) is 13.2 Å². The Hall–Kier alpha value is -1.43. The van der Waals surface area contributed by atoms with Gasteiger partial charge in [-0.2, -0.15) is 5.26 Å². The molecule has 0 aliphatic carbocycles. The highest BCUT2D eigenvalue weighted by Gasteiger charge is 2.18. The van der Waals surface area contributed by atoms with Crippen molar-refractivity contribution < 1.29 is 18.3 Å². The van der Waals surface area contributed by atoms with Gasteiger partial charge in [-0.25, -0.2) is 17.9 Å². The third-order valence-corrected chi connectivity index (χ3v) is 4.61. The number of hydrogen-bond donors (Lipinski definition) is 2. The Labute approximate surface area is 96.2 Å². The average Bonchev–Trinajstić information content (AvgIpc) is 2.67. The predicted molar refractivity (Wildman–Crippen MR) is 56.7 cm³/mol. The van der Waals surface area contributed by atoms with E-state index in [1.165, 1.54) is 12.1 Å². The molecule has 0 spiro atoms. The minimum Gasteiger partial charge on any atom is -0.477 e. The zero-order valence-corrected chi connectivity index (χ0v) is 9.64. The first-order valence-corrected chi connectivity index (χ1v) is 6.47. The smallest absolute Gasteiger partial charge is 0.345 e. The molecular formula is C8H8N2O4S2. The van der Waals surface area contributed by atoms with E-state index in [1.54, 1.807) is 6.07 Å². The standard InChI is InChI=1S/C8H8N2O4S2/c9-4-1-5-10-16(13,14)7-3-2-6(15-7)8(11)12/h2-3,10H,1,5H2,(H,11,12). The van der Waals surface area contributed by atoms with Gasteiger partial charge in [0.25, 0.3) is 0 Å². The van der Waals surface area contributed by atoms with Crippen LogP contribution in [0.5, 0.6) is 0 Å². The lowest BCUT2D eigenvalue weighted by Crippen LogP contribution is -2.23. The van der Waals surface area contributed by atoms with Gasteiger partial charge in [-0.3, -0.25) is 0 Å². The number of nitrogens with zero attached hydrogens (tertiary/aromatic N) is 1. The van der Waals surface area contributed by atoms with Crippen molar-refractivity contribution in [3.63, 3.8) is 0 Å². The zero-order chi connectivity index (χ0) is 12.2. The number of rotatable bonds is 5. The van der Waals surface area contributed by atoms with Crippen LogP contribution < -0.4 is 4.72 Å². The van der Waals surface area contributed by atoms with Gasteiger partial charge in [0.2, 0.25) is 10.0 Å². The van der Waals surface area contributed by atoms with E-state index in [2.05, 4.69) is 4.72 Å². The summed E-state index contributed by atoms with van der Waals surface area (Å²) in [6.45, 7) is 0.0130. The number of sulfonamides is 1. The van der Waals surface area contributed by atoms with Crippen molar-refractivity contribution in [1.82, 2.24) is 4.72 Å². The van der Waals surface area contributed by atoms with Crippen LogP contribution in [0.4, 0.5) is 0 Å². The van der Waals surface area contributed by atoms with Crippen molar-refractivity contribution in [3.05, 3.63) is 17.0 Å². The summed E-state index contributed by atoms with van der Waals surface area (Å²) in [6, 6.07) is 4.25. The molecule has 86 valence electrons. The van der Waals surface area contributed by atoms with Crippen LogP contribution >= 0.6 is 11.3 Å². The van der Waals surface area contributed by atoms with Crippen LogP contribution in [0.15, 0.2) is 16.3 Å². The molecule has 0 saturated carbocycles. The van der Waals surface area contributed by atoms with Crippen LogP contribution in [0, 0.1) is 11.3 Å². The first-order chi connectivity index (χ1) is 7.47. The SMILES string of the molecule is N#CCCNS(=O)(=O)c1ccc(C(=O)O)s1. The summed E-state index contributed by atoms with van der Waals surface area (Å²) in [4.78, 5) is 10.5. The largest absolute Gasteiger partial charge is 0.477 e. The molecule has 16 heavy (non-hydrogen) atoms. The lowest BCUT2D eigenvalue weighted by atomic mass is 10.5. The van der Waals surface area contributed by atoms with Crippen molar-refractivity contribution in [2.24, 2.45) is 0 Å². The fraction of sp³-hybridized carbons (Fsp3) is 0.250. The molecule has 1 rings (SSSR count). The minimum atomic E-state index is -3.69. The van der Waals surface area contributed by atoms with E-state index in [-0.39, 0.29) is 22.1 Å². The first-order valence-electron chi connectivity index (χ1n) is 4.17. The molecule has 0 amide bonds. The maximum absolute atomic E-state index is 11.5. The van der Waals surface area contributed by atoms with E-state index in [1.807, 2.05) is 0 Å². The lowest BCUT2D eigenvalue weighted by molar-refractivity contribution is 0.0702. The van der Waals surface area contributed by atoms with Gasteiger partial charge in [0.05, 0.1) is 6.07 Å². The Kier molecular flexibility index (Phi) is 4.00. The van der Waals surface area contributed by atoms with Crippen LogP contribution in [0.25, 0.3) is 0 Å². The van der Waals surface area contributed by atoms with Gasteiger partial charge in [-0.1, -0.05) is 0 Å². The monoisotopic (exact) mass is 260 g/mol. The van der Waals surface area contributed by atoms with Crippen molar-refractivity contribution in [2.45, 2.75) is 10.6 Å². The number of aromatic carboxylic acids is 1. The number of nitrogens with one attached hydrogen (secondary N) is 1. The molecule has 0 saturated heterocycles. The molecule has 1 aromatic heterocycles. The Morgan fingerprint density at radius 1 is 1.56 bits per heavy atom. The van der Waals surface area contributed by atoms with Gasteiger partial charge in [0.15, 0.2) is 0 Å². The fourth-order valence-corrected chi connectivity index (χ4v) is 3.11. The number of nitriles is 1. The van der Waals surface area contributed by atoms with E-state index >= 15 is 0 Å². The first kappa shape index (κ1) is 12.6. The molecule has 8 heteroatoms. The van der Waals surface area contributed by atoms with Crippen molar-refractivity contribution in [3.8, 4) is 6.07 Å². The van der Waals surface area contributed by atoms with Crippen molar-refractivity contribution >= 4 is 27.3 Å². The number of hydrogen-bond acceptors (Lipinski definition) is 5. The highest BCUT2D eigenvalue weighted by atomic mass is 32.2. The summed E-state index contributed by atoms with van der Waals surface area (Å²) in [6.07, 6.45) is 0.0659. The van der Waals surface area contributed by atoms with Crippen LogP contribution in [0.2, 0.25) is 0 Å². The van der Waals surface area contributed by atoms with Crippen LogP contribution in [0.1, 0.15) is 16.1 Å². The highest BCUT2D eigenvalue weighted by molar-refractivity contribution is 7.91.